The minimum Gasteiger partial charge on any atom is -0.330 e. The van der Waals surface area contributed by atoms with Crippen molar-refractivity contribution in [2.24, 2.45) is 5.73 Å². The SMILES string of the molecule is CCCCCCCCCCCCCCCCCCCC(=O)CCCCCCCCCCCCCCCCCCCCCCN. The molecular formula is C42H85NO. The Labute approximate surface area is 279 Å². The Morgan fingerprint density at radius 2 is 0.477 bits per heavy atom. The van der Waals surface area contributed by atoms with E-state index >= 15 is 0 Å². The van der Waals surface area contributed by atoms with Gasteiger partial charge in [-0.15, -0.1) is 0 Å². The minimum absolute atomic E-state index is 0.528. The van der Waals surface area contributed by atoms with Gasteiger partial charge in [-0.05, 0) is 25.8 Å². The van der Waals surface area contributed by atoms with Crippen LogP contribution < -0.4 is 5.73 Å². The van der Waals surface area contributed by atoms with E-state index in [0.29, 0.717) is 5.78 Å². The zero-order valence-corrected chi connectivity index (χ0v) is 30.8. The van der Waals surface area contributed by atoms with Gasteiger partial charge in [-0.1, -0.05) is 225 Å². The van der Waals surface area contributed by atoms with E-state index in [0.717, 1.165) is 32.2 Å². The Balaban J connectivity index is 3.14. The second-order valence-corrected chi connectivity index (χ2v) is 14.6. The van der Waals surface area contributed by atoms with Gasteiger partial charge < -0.3 is 5.73 Å². The Kier molecular flexibility index (Phi) is 40.3. The first-order valence-corrected chi connectivity index (χ1v) is 21.0. The molecule has 0 atom stereocenters. The molecule has 264 valence electrons. The summed E-state index contributed by atoms with van der Waals surface area (Å²) < 4.78 is 0. The highest BCUT2D eigenvalue weighted by atomic mass is 16.1. The Morgan fingerprint density at radius 1 is 0.295 bits per heavy atom. The van der Waals surface area contributed by atoms with Gasteiger partial charge in [-0.3, -0.25) is 4.79 Å². The van der Waals surface area contributed by atoms with Crippen LogP contribution in [-0.4, -0.2) is 12.3 Å². The van der Waals surface area contributed by atoms with E-state index in [2.05, 4.69) is 6.92 Å². The lowest BCUT2D eigenvalue weighted by atomic mass is 10.0. The van der Waals surface area contributed by atoms with Gasteiger partial charge in [0.15, 0.2) is 0 Å². The van der Waals surface area contributed by atoms with Gasteiger partial charge in [0, 0.05) is 12.8 Å². The first-order chi connectivity index (χ1) is 21.8. The third kappa shape index (κ3) is 39.7. The van der Waals surface area contributed by atoms with Crippen molar-refractivity contribution >= 4 is 5.78 Å². The van der Waals surface area contributed by atoms with Crippen LogP contribution in [0.4, 0.5) is 0 Å². The van der Waals surface area contributed by atoms with Gasteiger partial charge in [0.2, 0.25) is 0 Å². The number of ketones is 1. The van der Waals surface area contributed by atoms with Gasteiger partial charge in [-0.2, -0.15) is 0 Å². The fourth-order valence-corrected chi connectivity index (χ4v) is 6.82. The topological polar surface area (TPSA) is 43.1 Å². The molecule has 0 rings (SSSR count). The second-order valence-electron chi connectivity index (χ2n) is 14.6. The maximum absolute atomic E-state index is 12.2. The van der Waals surface area contributed by atoms with Gasteiger partial charge in [0.05, 0.1) is 0 Å². The van der Waals surface area contributed by atoms with Gasteiger partial charge in [0.25, 0.3) is 0 Å². The highest BCUT2D eigenvalue weighted by Gasteiger charge is 2.02. The molecule has 0 bridgehead atoms. The Hall–Kier alpha value is -0.370. The number of carbonyl (C=O) groups excluding carboxylic acids is 1. The summed E-state index contributed by atoms with van der Waals surface area (Å²) in [5.41, 5.74) is 5.55. The van der Waals surface area contributed by atoms with Crippen molar-refractivity contribution in [3.8, 4) is 0 Å². The van der Waals surface area contributed by atoms with Crippen LogP contribution in [0.1, 0.15) is 257 Å². The molecule has 0 aliphatic carbocycles. The number of unbranched alkanes of at least 4 members (excludes halogenated alkanes) is 35. The molecule has 44 heavy (non-hydrogen) atoms. The van der Waals surface area contributed by atoms with E-state index in [1.165, 1.54) is 225 Å². The molecule has 0 amide bonds. The Bertz CT molecular complexity index is 518. The van der Waals surface area contributed by atoms with Crippen LogP contribution in [0.15, 0.2) is 0 Å². The molecule has 2 nitrogen and oxygen atoms in total. The summed E-state index contributed by atoms with van der Waals surface area (Å²) in [6.45, 7) is 3.16. The maximum Gasteiger partial charge on any atom is 0.132 e. The predicted molar refractivity (Wildman–Crippen MR) is 200 cm³/mol. The van der Waals surface area contributed by atoms with Crippen LogP contribution in [0.25, 0.3) is 0 Å². The largest absolute Gasteiger partial charge is 0.330 e. The van der Waals surface area contributed by atoms with E-state index in [9.17, 15) is 4.79 Å². The minimum atomic E-state index is 0.528. The molecule has 0 aromatic heterocycles. The highest BCUT2D eigenvalue weighted by Crippen LogP contribution is 2.17. The monoisotopic (exact) mass is 620 g/mol. The lowest BCUT2D eigenvalue weighted by Gasteiger charge is -2.05. The van der Waals surface area contributed by atoms with E-state index in [-0.39, 0.29) is 0 Å². The summed E-state index contributed by atoms with van der Waals surface area (Å²) in [6.07, 6.45) is 53.2. The summed E-state index contributed by atoms with van der Waals surface area (Å²) in [6, 6.07) is 0. The number of Topliss-reactive ketones (excluding diaryl/α,β-unsaturated/α-hetero) is 1. The van der Waals surface area contributed by atoms with Crippen LogP contribution in [0.5, 0.6) is 0 Å². The van der Waals surface area contributed by atoms with Crippen molar-refractivity contribution < 1.29 is 4.79 Å². The van der Waals surface area contributed by atoms with Crippen molar-refractivity contribution in [2.75, 3.05) is 6.54 Å². The van der Waals surface area contributed by atoms with Crippen LogP contribution in [0, 0.1) is 0 Å². The molecule has 0 radical (unpaired) electrons. The fraction of sp³-hybridized carbons (Fsp3) is 0.976. The van der Waals surface area contributed by atoms with Crippen molar-refractivity contribution in [1.82, 2.24) is 0 Å². The molecule has 0 unspecified atom stereocenters. The van der Waals surface area contributed by atoms with Crippen LogP contribution in [0.3, 0.4) is 0 Å². The standard InChI is InChI=1S/C42H85NO/c1-2-3-4-5-6-7-8-9-10-15-18-21-24-27-30-33-36-39-42(44)40-37-34-31-28-25-22-19-16-13-11-12-14-17-20-23-26-29-32-35-38-41-43/h2-41,43H2,1H3. The number of hydrogen-bond donors (Lipinski definition) is 1. The molecule has 0 fully saturated rings. The lowest BCUT2D eigenvalue weighted by molar-refractivity contribution is -0.119. The molecule has 0 aliphatic rings. The second kappa shape index (κ2) is 40.7. The van der Waals surface area contributed by atoms with Gasteiger partial charge in [0.1, 0.15) is 5.78 Å². The lowest BCUT2D eigenvalue weighted by Crippen LogP contribution is -1.97. The van der Waals surface area contributed by atoms with Crippen LogP contribution in [-0.2, 0) is 4.79 Å². The molecule has 0 saturated heterocycles. The third-order valence-electron chi connectivity index (χ3n) is 9.97. The van der Waals surface area contributed by atoms with Crippen LogP contribution in [0.2, 0.25) is 0 Å². The molecule has 0 spiro atoms. The van der Waals surface area contributed by atoms with Crippen molar-refractivity contribution in [3.63, 3.8) is 0 Å². The molecule has 0 aromatic carbocycles. The predicted octanol–water partition coefficient (Wildman–Crippen LogP) is 14.7. The zero-order chi connectivity index (χ0) is 31.9. The van der Waals surface area contributed by atoms with E-state index in [1.54, 1.807) is 0 Å². The van der Waals surface area contributed by atoms with E-state index in [4.69, 9.17) is 5.73 Å². The zero-order valence-electron chi connectivity index (χ0n) is 30.8. The number of nitrogens with two attached hydrogens (primary N) is 1. The number of rotatable bonds is 40. The number of carbonyl (C=O) groups is 1. The first kappa shape index (κ1) is 43.6. The average molecular weight is 620 g/mol. The number of hydrogen-bond acceptors (Lipinski definition) is 2. The van der Waals surface area contributed by atoms with Crippen molar-refractivity contribution in [3.05, 3.63) is 0 Å². The molecule has 2 heteroatoms. The molecular weight excluding hydrogens is 534 g/mol. The van der Waals surface area contributed by atoms with E-state index < -0.39 is 0 Å². The van der Waals surface area contributed by atoms with Crippen molar-refractivity contribution in [2.45, 2.75) is 257 Å². The van der Waals surface area contributed by atoms with Crippen LogP contribution >= 0.6 is 0 Å². The molecule has 0 saturated carbocycles. The molecule has 0 heterocycles. The summed E-state index contributed by atoms with van der Waals surface area (Å²) >= 11 is 0. The van der Waals surface area contributed by atoms with Crippen molar-refractivity contribution in [1.29, 1.82) is 0 Å². The summed E-state index contributed by atoms with van der Waals surface area (Å²) in [7, 11) is 0. The summed E-state index contributed by atoms with van der Waals surface area (Å²) in [4.78, 5) is 12.2. The molecule has 2 N–H and O–H groups in total. The van der Waals surface area contributed by atoms with Gasteiger partial charge in [-0.25, -0.2) is 0 Å². The van der Waals surface area contributed by atoms with E-state index in [1.807, 2.05) is 0 Å². The highest BCUT2D eigenvalue weighted by molar-refractivity contribution is 5.78. The Morgan fingerprint density at radius 3 is 0.682 bits per heavy atom. The van der Waals surface area contributed by atoms with Gasteiger partial charge >= 0.3 is 0 Å². The first-order valence-electron chi connectivity index (χ1n) is 21.0. The smallest absolute Gasteiger partial charge is 0.132 e. The quantitative estimate of drug-likeness (QED) is 0.0693. The maximum atomic E-state index is 12.2. The molecule has 0 aromatic rings. The summed E-state index contributed by atoms with van der Waals surface area (Å²) in [5.74, 6) is 0.528. The average Bonchev–Trinajstić information content (AvgIpc) is 3.03. The molecule has 0 aliphatic heterocycles. The fourth-order valence-electron chi connectivity index (χ4n) is 6.82. The summed E-state index contributed by atoms with van der Waals surface area (Å²) in [5, 5.41) is 0. The third-order valence-corrected chi connectivity index (χ3v) is 9.97. The normalized spacial score (nSPS) is 11.5.